The third kappa shape index (κ3) is 5.55. The Labute approximate surface area is 209 Å². The van der Waals surface area contributed by atoms with Crippen LogP contribution in [-0.4, -0.2) is 5.97 Å². The molecule has 0 N–H and O–H groups in total. The molecule has 4 aromatic rings. The van der Waals surface area contributed by atoms with Crippen LogP contribution >= 0.6 is 11.6 Å². The maximum absolute atomic E-state index is 13.4. The van der Waals surface area contributed by atoms with Gasteiger partial charge < -0.3 is 9.15 Å². The van der Waals surface area contributed by atoms with Crippen LogP contribution in [0.3, 0.4) is 0 Å². The molecule has 3 aromatic carbocycles. The number of ether oxygens (including phenoxy) is 1. The first-order valence-corrected chi connectivity index (χ1v) is 11.9. The summed E-state index contributed by atoms with van der Waals surface area (Å²) in [6, 6.07) is 20.2. The second-order valence-electron chi connectivity index (χ2n) is 9.41. The fraction of sp³-hybridized carbons (Fsp3) is 0.200. The molecule has 0 aliphatic heterocycles. The third-order valence-electron chi connectivity index (χ3n) is 5.82. The lowest BCUT2D eigenvalue weighted by Crippen LogP contribution is -2.14. The van der Waals surface area contributed by atoms with E-state index in [1.807, 2.05) is 37.3 Å². The van der Waals surface area contributed by atoms with E-state index in [2.05, 4.69) is 20.8 Å². The van der Waals surface area contributed by atoms with Crippen LogP contribution in [0.5, 0.6) is 5.75 Å². The summed E-state index contributed by atoms with van der Waals surface area (Å²) in [6.45, 7) is 8.44. The first-order valence-electron chi connectivity index (χ1n) is 11.5. The molecule has 0 saturated heterocycles. The number of hydrogen-bond donors (Lipinski definition) is 0. The van der Waals surface area contributed by atoms with Gasteiger partial charge in [-0.1, -0.05) is 69.6 Å². The van der Waals surface area contributed by atoms with Crippen LogP contribution in [0.25, 0.3) is 28.4 Å². The van der Waals surface area contributed by atoms with Crippen molar-refractivity contribution in [2.24, 2.45) is 0 Å². The van der Waals surface area contributed by atoms with Crippen LogP contribution in [0.4, 0.5) is 0 Å². The third-order valence-corrected chi connectivity index (χ3v) is 6.07. The van der Waals surface area contributed by atoms with E-state index in [1.165, 1.54) is 11.6 Å². The SMILES string of the molecule is CCc1ccc2oc(-c3ccc(Cl)cc3)c(OC(=O)/C=C/c3ccc(C(C)(C)C)cc3)c(=O)c2c1. The van der Waals surface area contributed by atoms with Gasteiger partial charge in [-0.05, 0) is 71.0 Å². The predicted octanol–water partition coefficient (Wildman–Crippen LogP) is 7.59. The average Bonchev–Trinajstić information content (AvgIpc) is 2.84. The summed E-state index contributed by atoms with van der Waals surface area (Å²) < 4.78 is 11.6. The highest BCUT2D eigenvalue weighted by molar-refractivity contribution is 6.30. The second kappa shape index (κ2) is 9.93. The van der Waals surface area contributed by atoms with E-state index in [9.17, 15) is 9.59 Å². The fourth-order valence-electron chi connectivity index (χ4n) is 3.72. The van der Waals surface area contributed by atoms with E-state index in [-0.39, 0.29) is 16.9 Å². The molecule has 4 nitrogen and oxygen atoms in total. The highest BCUT2D eigenvalue weighted by Gasteiger charge is 2.20. The Balaban J connectivity index is 1.71. The Hall–Kier alpha value is -3.63. The standard InChI is InChI=1S/C30H27ClO4/c1-5-19-8-16-25-24(18-19)27(33)29(28(34-25)21-10-14-23(31)15-11-21)35-26(32)17-9-20-6-12-22(13-7-20)30(2,3)4/h6-18H,5H2,1-4H3/b17-9+. The molecule has 5 heteroatoms. The highest BCUT2D eigenvalue weighted by atomic mass is 35.5. The number of benzene rings is 3. The van der Waals surface area contributed by atoms with Crippen molar-refractivity contribution in [3.63, 3.8) is 0 Å². The van der Waals surface area contributed by atoms with Gasteiger partial charge >= 0.3 is 5.97 Å². The molecule has 178 valence electrons. The fourth-order valence-corrected chi connectivity index (χ4v) is 3.85. The van der Waals surface area contributed by atoms with Crippen LogP contribution in [0.15, 0.2) is 82.0 Å². The minimum Gasteiger partial charge on any atom is -0.452 e. The van der Waals surface area contributed by atoms with E-state index in [4.69, 9.17) is 20.8 Å². The predicted molar refractivity (Wildman–Crippen MR) is 142 cm³/mol. The first-order chi connectivity index (χ1) is 16.7. The van der Waals surface area contributed by atoms with Gasteiger partial charge in [0.25, 0.3) is 0 Å². The van der Waals surface area contributed by atoms with Crippen molar-refractivity contribution in [3.8, 4) is 17.1 Å². The summed E-state index contributed by atoms with van der Waals surface area (Å²) in [5.41, 5.74) is 3.68. The summed E-state index contributed by atoms with van der Waals surface area (Å²) >= 11 is 6.03. The molecule has 0 aliphatic rings. The van der Waals surface area contributed by atoms with Crippen molar-refractivity contribution in [1.82, 2.24) is 0 Å². The topological polar surface area (TPSA) is 56.5 Å². The van der Waals surface area contributed by atoms with Crippen LogP contribution in [0.1, 0.15) is 44.4 Å². The van der Waals surface area contributed by atoms with Crippen molar-refractivity contribution in [2.45, 2.75) is 39.5 Å². The van der Waals surface area contributed by atoms with Gasteiger partial charge in [0.2, 0.25) is 11.2 Å². The largest absolute Gasteiger partial charge is 0.452 e. The number of carbonyl (C=O) groups excluding carboxylic acids is 1. The Morgan fingerprint density at radius 2 is 1.69 bits per heavy atom. The average molecular weight is 487 g/mol. The van der Waals surface area contributed by atoms with Gasteiger partial charge in [0, 0.05) is 16.7 Å². The molecule has 0 atom stereocenters. The molecule has 0 spiro atoms. The number of carbonyl (C=O) groups is 1. The zero-order valence-electron chi connectivity index (χ0n) is 20.2. The molecular formula is C30H27ClO4. The van der Waals surface area contributed by atoms with Crippen LogP contribution in [0, 0.1) is 0 Å². The lowest BCUT2D eigenvalue weighted by atomic mass is 9.87. The van der Waals surface area contributed by atoms with Gasteiger partial charge in [0.1, 0.15) is 5.58 Å². The van der Waals surface area contributed by atoms with Crippen molar-refractivity contribution < 1.29 is 13.9 Å². The van der Waals surface area contributed by atoms with Crippen LogP contribution in [0.2, 0.25) is 5.02 Å². The zero-order chi connectivity index (χ0) is 25.2. The van der Waals surface area contributed by atoms with Gasteiger partial charge in [-0.2, -0.15) is 0 Å². The van der Waals surface area contributed by atoms with E-state index < -0.39 is 11.4 Å². The molecule has 1 heterocycles. The molecule has 4 rings (SSSR count). The monoisotopic (exact) mass is 486 g/mol. The molecule has 0 radical (unpaired) electrons. The second-order valence-corrected chi connectivity index (χ2v) is 9.84. The maximum Gasteiger partial charge on any atom is 0.336 e. The van der Waals surface area contributed by atoms with Gasteiger partial charge in [-0.15, -0.1) is 0 Å². The van der Waals surface area contributed by atoms with Crippen molar-refractivity contribution in [2.75, 3.05) is 0 Å². The lowest BCUT2D eigenvalue weighted by molar-refractivity contribution is -0.129. The smallest absolute Gasteiger partial charge is 0.336 e. The van der Waals surface area contributed by atoms with Gasteiger partial charge in [-0.25, -0.2) is 4.79 Å². The summed E-state index contributed by atoms with van der Waals surface area (Å²) in [7, 11) is 0. The molecule has 0 unspecified atom stereocenters. The molecule has 0 fully saturated rings. The number of aryl methyl sites for hydroxylation is 1. The quantitative estimate of drug-likeness (QED) is 0.215. The summed E-state index contributed by atoms with van der Waals surface area (Å²) in [5.74, 6) is -0.635. The number of esters is 1. The number of halogens is 1. The molecule has 1 aromatic heterocycles. The number of rotatable bonds is 5. The Morgan fingerprint density at radius 1 is 1.00 bits per heavy atom. The van der Waals surface area contributed by atoms with Crippen LogP contribution < -0.4 is 10.2 Å². The Morgan fingerprint density at radius 3 is 2.31 bits per heavy atom. The zero-order valence-corrected chi connectivity index (χ0v) is 21.0. The maximum atomic E-state index is 13.4. The lowest BCUT2D eigenvalue weighted by Gasteiger charge is -2.18. The highest BCUT2D eigenvalue weighted by Crippen LogP contribution is 2.32. The van der Waals surface area contributed by atoms with Crippen molar-refractivity contribution in [1.29, 1.82) is 0 Å². The molecule has 0 saturated carbocycles. The summed E-state index contributed by atoms with van der Waals surface area (Å²) in [5, 5.41) is 0.912. The number of hydrogen-bond acceptors (Lipinski definition) is 4. The molecular weight excluding hydrogens is 460 g/mol. The minimum atomic E-state index is -0.668. The van der Waals surface area contributed by atoms with Crippen molar-refractivity contribution in [3.05, 3.63) is 105 Å². The molecule has 35 heavy (non-hydrogen) atoms. The van der Waals surface area contributed by atoms with Gasteiger partial charge in [-0.3, -0.25) is 4.79 Å². The summed E-state index contributed by atoms with van der Waals surface area (Å²) in [6.07, 6.45) is 3.73. The van der Waals surface area contributed by atoms with E-state index >= 15 is 0 Å². The Kier molecular flexibility index (Phi) is 6.95. The molecule has 0 amide bonds. The van der Waals surface area contributed by atoms with Crippen LogP contribution in [-0.2, 0) is 16.6 Å². The van der Waals surface area contributed by atoms with E-state index in [0.717, 1.165) is 17.5 Å². The van der Waals surface area contributed by atoms with E-state index in [1.54, 1.807) is 42.5 Å². The van der Waals surface area contributed by atoms with Gasteiger partial charge in [0.05, 0.1) is 5.39 Å². The van der Waals surface area contributed by atoms with Gasteiger partial charge in [0.15, 0.2) is 5.76 Å². The minimum absolute atomic E-state index is 0.0427. The van der Waals surface area contributed by atoms with Crippen molar-refractivity contribution >= 4 is 34.6 Å². The molecule has 0 aliphatic carbocycles. The Bertz CT molecular complexity index is 1450. The normalized spacial score (nSPS) is 11.8. The van der Waals surface area contributed by atoms with E-state index in [0.29, 0.717) is 21.6 Å². The summed E-state index contributed by atoms with van der Waals surface area (Å²) in [4.78, 5) is 26.2. The first kappa shape index (κ1) is 24.5. The molecule has 0 bridgehead atoms. The number of fused-ring (bicyclic) bond motifs is 1.